The van der Waals surface area contributed by atoms with Crippen molar-refractivity contribution in [3.8, 4) is 11.1 Å². The number of amides is 1. The third-order valence-electron chi connectivity index (χ3n) is 6.26. The van der Waals surface area contributed by atoms with Crippen molar-refractivity contribution in [2.45, 2.75) is 52.3 Å². The summed E-state index contributed by atoms with van der Waals surface area (Å²) in [4.78, 5) is 25.7. The van der Waals surface area contributed by atoms with Crippen LogP contribution < -0.4 is 5.32 Å². The maximum absolute atomic E-state index is 13.2. The lowest BCUT2D eigenvalue weighted by Crippen LogP contribution is -2.16. The molecule has 1 aliphatic rings. The highest BCUT2D eigenvalue weighted by Gasteiger charge is 2.43. The van der Waals surface area contributed by atoms with Gasteiger partial charge in [0.25, 0.3) is 0 Å². The van der Waals surface area contributed by atoms with Crippen LogP contribution in [-0.2, 0) is 4.79 Å². The third-order valence-corrected chi connectivity index (χ3v) is 6.26. The van der Waals surface area contributed by atoms with E-state index in [2.05, 4.69) is 20.3 Å². The van der Waals surface area contributed by atoms with Crippen molar-refractivity contribution in [3.63, 3.8) is 0 Å². The zero-order valence-corrected chi connectivity index (χ0v) is 18.8. The average Bonchev–Trinajstić information content (AvgIpc) is 3.41. The Balaban J connectivity index is 1.59. The highest BCUT2D eigenvalue weighted by atomic mass is 19.1. The molecule has 0 unspecified atom stereocenters. The molecule has 170 valence electrons. The average molecular weight is 448 g/mol. The number of halogens is 1. The fourth-order valence-corrected chi connectivity index (χ4v) is 4.30. The highest BCUT2D eigenvalue weighted by molar-refractivity contribution is 5.97. The van der Waals surface area contributed by atoms with Gasteiger partial charge in [0.1, 0.15) is 17.6 Å². The van der Waals surface area contributed by atoms with Crippen LogP contribution in [0.3, 0.4) is 0 Å². The van der Waals surface area contributed by atoms with Gasteiger partial charge < -0.3 is 10.4 Å². The quantitative estimate of drug-likeness (QED) is 0.447. The normalized spacial score (nSPS) is 18.6. The van der Waals surface area contributed by atoms with Gasteiger partial charge in [0.2, 0.25) is 5.91 Å². The summed E-state index contributed by atoms with van der Waals surface area (Å²) in [5.41, 5.74) is 6.06. The standard InChI is InChI=1S/C25H26FN5O2/c1-4-5-22(32)20-6-13(2)18(12-27-20)16-7-15-11-28-23(30-25(33)17-8-19(17)26)9-21(15)31-14(3)10-29-24(16)31/h6-7,9-12,17,19,22,32H,4-5,8H2,1-3H3,(H,28,30,33)/t17-,19+,22-/m0/s1. The Bertz CT molecular complexity index is 1380. The number of aromatic nitrogens is 4. The fraction of sp³-hybridized carbons (Fsp3) is 0.360. The summed E-state index contributed by atoms with van der Waals surface area (Å²) in [5.74, 6) is -0.522. The molecule has 3 atom stereocenters. The molecule has 0 radical (unpaired) electrons. The number of nitrogens with zero attached hydrogens (tertiary/aromatic N) is 4. The summed E-state index contributed by atoms with van der Waals surface area (Å²) in [5, 5.41) is 13.9. The molecule has 0 aromatic carbocycles. The van der Waals surface area contributed by atoms with Crippen molar-refractivity contribution < 1.29 is 14.3 Å². The first-order valence-electron chi connectivity index (χ1n) is 11.2. The van der Waals surface area contributed by atoms with Gasteiger partial charge in [-0.1, -0.05) is 13.3 Å². The topological polar surface area (TPSA) is 92.4 Å². The van der Waals surface area contributed by atoms with Gasteiger partial charge >= 0.3 is 0 Å². The minimum Gasteiger partial charge on any atom is -0.387 e. The first kappa shape index (κ1) is 21.5. The first-order chi connectivity index (χ1) is 15.9. The summed E-state index contributed by atoms with van der Waals surface area (Å²) < 4.78 is 15.3. The predicted molar refractivity (Wildman–Crippen MR) is 125 cm³/mol. The number of carbonyl (C=O) groups is 1. The molecule has 7 nitrogen and oxygen atoms in total. The van der Waals surface area contributed by atoms with Gasteiger partial charge in [0.05, 0.1) is 23.2 Å². The molecule has 4 aromatic rings. The molecule has 1 saturated carbocycles. The number of carbonyl (C=O) groups excluding carboxylic acids is 1. The number of nitrogens with one attached hydrogen (secondary N) is 1. The van der Waals surface area contributed by atoms with Crippen LogP contribution in [0.4, 0.5) is 10.2 Å². The van der Waals surface area contributed by atoms with Crippen molar-refractivity contribution in [2.24, 2.45) is 5.92 Å². The summed E-state index contributed by atoms with van der Waals surface area (Å²) in [7, 11) is 0. The summed E-state index contributed by atoms with van der Waals surface area (Å²) in [6.07, 6.45) is 5.49. The van der Waals surface area contributed by atoms with Gasteiger partial charge in [-0.3, -0.25) is 14.2 Å². The fourth-order valence-electron chi connectivity index (χ4n) is 4.30. The molecule has 2 N–H and O–H groups in total. The number of anilines is 1. The molecule has 1 fully saturated rings. The van der Waals surface area contributed by atoms with Crippen LogP contribution in [0.25, 0.3) is 27.7 Å². The van der Waals surface area contributed by atoms with Crippen LogP contribution in [0.15, 0.2) is 36.8 Å². The minimum atomic E-state index is -1.05. The number of hydrogen-bond donors (Lipinski definition) is 2. The highest BCUT2D eigenvalue weighted by Crippen LogP contribution is 2.36. The van der Waals surface area contributed by atoms with Crippen LogP contribution in [0, 0.1) is 19.8 Å². The Morgan fingerprint density at radius 1 is 1.18 bits per heavy atom. The van der Waals surface area contributed by atoms with E-state index >= 15 is 0 Å². The molecule has 0 bridgehead atoms. The molecular formula is C25H26FN5O2. The van der Waals surface area contributed by atoms with Gasteiger partial charge in [0.15, 0.2) is 0 Å². The maximum Gasteiger partial charge on any atom is 0.231 e. The molecule has 33 heavy (non-hydrogen) atoms. The number of imidazole rings is 1. The van der Waals surface area contributed by atoms with E-state index in [0.29, 0.717) is 17.9 Å². The zero-order valence-electron chi connectivity index (χ0n) is 18.8. The van der Waals surface area contributed by atoms with Crippen molar-refractivity contribution in [3.05, 3.63) is 53.7 Å². The molecular weight excluding hydrogens is 421 g/mol. The Kier molecular flexibility index (Phi) is 5.32. The van der Waals surface area contributed by atoms with Crippen LogP contribution in [0.1, 0.15) is 49.2 Å². The zero-order chi connectivity index (χ0) is 23.3. The van der Waals surface area contributed by atoms with E-state index < -0.39 is 18.2 Å². The largest absolute Gasteiger partial charge is 0.387 e. The second-order valence-corrected chi connectivity index (χ2v) is 8.82. The Hall–Kier alpha value is -3.39. The number of rotatable bonds is 6. The lowest BCUT2D eigenvalue weighted by Gasteiger charge is -2.15. The van der Waals surface area contributed by atoms with E-state index in [1.807, 2.05) is 37.3 Å². The van der Waals surface area contributed by atoms with Gasteiger partial charge in [0, 0.05) is 46.9 Å². The van der Waals surface area contributed by atoms with Crippen molar-refractivity contribution in [1.82, 2.24) is 19.4 Å². The summed E-state index contributed by atoms with van der Waals surface area (Å²) in [6.45, 7) is 6.00. The maximum atomic E-state index is 13.2. The molecule has 0 spiro atoms. The van der Waals surface area contributed by atoms with E-state index in [-0.39, 0.29) is 12.3 Å². The van der Waals surface area contributed by atoms with Crippen molar-refractivity contribution in [2.75, 3.05) is 5.32 Å². The minimum absolute atomic E-state index is 0.273. The smallest absolute Gasteiger partial charge is 0.231 e. The monoisotopic (exact) mass is 447 g/mol. The summed E-state index contributed by atoms with van der Waals surface area (Å²) >= 11 is 0. The first-order valence-corrected chi connectivity index (χ1v) is 11.2. The van der Waals surface area contributed by atoms with E-state index in [9.17, 15) is 14.3 Å². The molecule has 8 heteroatoms. The molecule has 0 saturated heterocycles. The Morgan fingerprint density at radius 2 is 1.97 bits per heavy atom. The molecule has 1 amide bonds. The van der Waals surface area contributed by atoms with Crippen molar-refractivity contribution in [1.29, 1.82) is 0 Å². The second-order valence-electron chi connectivity index (χ2n) is 8.82. The molecule has 0 aliphatic heterocycles. The van der Waals surface area contributed by atoms with Gasteiger partial charge in [-0.05, 0) is 44.4 Å². The van der Waals surface area contributed by atoms with Gasteiger partial charge in [-0.15, -0.1) is 0 Å². The third kappa shape index (κ3) is 3.84. The van der Waals surface area contributed by atoms with E-state index in [1.165, 1.54) is 0 Å². The Labute approximate surface area is 190 Å². The lowest BCUT2D eigenvalue weighted by atomic mass is 10.00. The number of pyridine rings is 3. The molecule has 4 aromatic heterocycles. The van der Waals surface area contributed by atoms with E-state index in [1.54, 1.807) is 24.7 Å². The number of aryl methyl sites for hydroxylation is 2. The van der Waals surface area contributed by atoms with E-state index in [0.717, 1.165) is 45.4 Å². The number of alkyl halides is 1. The number of aliphatic hydroxyl groups is 1. The Morgan fingerprint density at radius 3 is 2.67 bits per heavy atom. The van der Waals surface area contributed by atoms with E-state index in [4.69, 9.17) is 0 Å². The van der Waals surface area contributed by atoms with Gasteiger partial charge in [-0.2, -0.15) is 0 Å². The number of fused-ring (bicyclic) bond motifs is 3. The summed E-state index contributed by atoms with van der Waals surface area (Å²) in [6, 6.07) is 5.74. The van der Waals surface area contributed by atoms with Crippen LogP contribution in [0.2, 0.25) is 0 Å². The van der Waals surface area contributed by atoms with Crippen LogP contribution in [0.5, 0.6) is 0 Å². The molecule has 4 heterocycles. The number of aliphatic hydroxyl groups excluding tert-OH is 1. The second kappa shape index (κ2) is 8.19. The van der Waals surface area contributed by atoms with Crippen LogP contribution in [-0.4, -0.2) is 36.5 Å². The predicted octanol–water partition coefficient (Wildman–Crippen LogP) is 4.69. The van der Waals surface area contributed by atoms with Crippen molar-refractivity contribution >= 4 is 28.3 Å². The lowest BCUT2D eigenvalue weighted by molar-refractivity contribution is -0.117. The SMILES string of the molecule is CCC[C@H](O)c1cc(C)c(-c2cc3cnc(NC(=O)[C@H]4C[C@H]4F)cc3n3c(C)cnc23)cn1. The van der Waals surface area contributed by atoms with Crippen LogP contribution >= 0.6 is 0 Å². The molecule has 5 rings (SSSR count). The molecule has 1 aliphatic carbocycles. The number of hydrogen-bond acceptors (Lipinski definition) is 5. The van der Waals surface area contributed by atoms with Gasteiger partial charge in [-0.25, -0.2) is 14.4 Å².